The Balaban J connectivity index is 1.27. The van der Waals surface area contributed by atoms with Gasteiger partial charge in [0.15, 0.2) is 0 Å². The minimum Gasteiger partial charge on any atom is -0.453 e. The summed E-state index contributed by atoms with van der Waals surface area (Å²) in [4.78, 5) is 28.4. The lowest BCUT2D eigenvalue weighted by Gasteiger charge is -2.50. The second kappa shape index (κ2) is 15.3. The second-order valence-electron chi connectivity index (χ2n) is 14.6. The number of aryl methyl sites for hydroxylation is 2. The molecule has 2 saturated heterocycles. The summed E-state index contributed by atoms with van der Waals surface area (Å²) in [5.41, 5.74) is 3.33. The number of sulfonamides is 1. The lowest BCUT2D eigenvalue weighted by atomic mass is 9.57. The smallest absolute Gasteiger partial charge is 0.411 e. The average molecular weight is 682 g/mol. The SMILES string of the molecule is COC(=O)Nc1ccc(S(=O)(=O)N2CCC(C3CCn4nc(C)c(C(=O)N5CCCCCC5)c4C34CCCCCCCCC4)CC2)cc1. The van der Waals surface area contributed by atoms with E-state index in [-0.39, 0.29) is 16.2 Å². The largest absolute Gasteiger partial charge is 0.453 e. The van der Waals surface area contributed by atoms with Crippen molar-refractivity contribution in [1.82, 2.24) is 19.0 Å². The highest BCUT2D eigenvalue weighted by molar-refractivity contribution is 7.89. The fourth-order valence-corrected chi connectivity index (χ4v) is 10.9. The fraction of sp³-hybridized carbons (Fsp3) is 0.703. The number of carbonyl (C=O) groups is 2. The molecule has 264 valence electrons. The molecule has 1 unspecified atom stereocenters. The molecular weight excluding hydrogens is 627 g/mol. The van der Waals surface area contributed by atoms with Gasteiger partial charge >= 0.3 is 6.09 Å². The molecule has 6 rings (SSSR count). The number of anilines is 1. The van der Waals surface area contributed by atoms with E-state index in [4.69, 9.17) is 5.10 Å². The third kappa shape index (κ3) is 7.18. The van der Waals surface area contributed by atoms with E-state index in [2.05, 4.69) is 19.6 Å². The number of aromatic nitrogens is 2. The fourth-order valence-electron chi connectivity index (χ4n) is 9.38. The van der Waals surface area contributed by atoms with Crippen LogP contribution in [0.4, 0.5) is 10.5 Å². The number of nitrogens with one attached hydrogen (secondary N) is 1. The third-order valence-corrected chi connectivity index (χ3v) is 13.7. The summed E-state index contributed by atoms with van der Waals surface area (Å²) >= 11 is 0. The Morgan fingerprint density at radius 1 is 0.812 bits per heavy atom. The minimum absolute atomic E-state index is 0.123. The first-order chi connectivity index (χ1) is 23.2. The van der Waals surface area contributed by atoms with Crippen LogP contribution in [0.25, 0.3) is 0 Å². The van der Waals surface area contributed by atoms with Crippen LogP contribution in [-0.4, -0.2) is 72.7 Å². The molecule has 1 aromatic carbocycles. The number of benzene rings is 1. The van der Waals surface area contributed by atoms with Crippen molar-refractivity contribution in [2.45, 2.75) is 127 Å². The van der Waals surface area contributed by atoms with Crippen LogP contribution in [-0.2, 0) is 26.7 Å². The summed E-state index contributed by atoms with van der Waals surface area (Å²) in [6, 6.07) is 6.29. The Labute approximate surface area is 287 Å². The zero-order chi connectivity index (χ0) is 33.7. The van der Waals surface area contributed by atoms with Crippen LogP contribution in [0.2, 0.25) is 0 Å². The molecule has 0 radical (unpaired) electrons. The van der Waals surface area contributed by atoms with Gasteiger partial charge < -0.3 is 9.64 Å². The maximum atomic E-state index is 14.4. The van der Waals surface area contributed by atoms with Crippen LogP contribution < -0.4 is 5.32 Å². The highest BCUT2D eigenvalue weighted by Gasteiger charge is 2.51. The van der Waals surface area contributed by atoms with Gasteiger partial charge in [0.1, 0.15) is 0 Å². The van der Waals surface area contributed by atoms with E-state index >= 15 is 0 Å². The molecule has 2 amide bonds. The highest BCUT2D eigenvalue weighted by atomic mass is 32.2. The van der Waals surface area contributed by atoms with Crippen molar-refractivity contribution in [2.75, 3.05) is 38.6 Å². The molecule has 11 heteroatoms. The molecule has 4 aliphatic rings. The van der Waals surface area contributed by atoms with Gasteiger partial charge in [-0.3, -0.25) is 14.8 Å². The molecule has 2 aromatic rings. The molecule has 1 atom stereocenters. The number of carbonyl (C=O) groups excluding carboxylic acids is 2. The van der Waals surface area contributed by atoms with Gasteiger partial charge in [0.05, 0.1) is 29.0 Å². The summed E-state index contributed by atoms with van der Waals surface area (Å²) in [6.45, 7) is 5.49. The standard InChI is InChI=1S/C37H55N5O5S/c1-28-33(35(43)40-23-12-8-9-13-24-40)34-37(21-10-6-4-3-5-7-11-22-37)32(20-27-42(34)39-28)29-18-25-41(26-19-29)48(45,46)31-16-14-30(15-17-31)38-36(44)47-2/h14-17,29,32H,3-13,18-27H2,1-2H3,(H,38,44). The van der Waals surface area contributed by atoms with E-state index < -0.39 is 16.1 Å². The maximum Gasteiger partial charge on any atom is 0.411 e. The van der Waals surface area contributed by atoms with Crippen molar-refractivity contribution in [3.8, 4) is 0 Å². The molecular formula is C37H55N5O5S. The topological polar surface area (TPSA) is 114 Å². The number of hydrogen-bond donors (Lipinski definition) is 1. The van der Waals surface area contributed by atoms with E-state index in [1.54, 1.807) is 28.6 Å². The minimum atomic E-state index is -3.67. The summed E-state index contributed by atoms with van der Waals surface area (Å²) in [5.74, 6) is 0.961. The predicted molar refractivity (Wildman–Crippen MR) is 187 cm³/mol. The van der Waals surface area contributed by atoms with Crippen LogP contribution in [0.15, 0.2) is 29.2 Å². The molecule has 3 aliphatic heterocycles. The van der Waals surface area contributed by atoms with Gasteiger partial charge in [-0.15, -0.1) is 0 Å². The quantitative estimate of drug-likeness (QED) is 0.355. The van der Waals surface area contributed by atoms with Gasteiger partial charge in [-0.25, -0.2) is 13.2 Å². The van der Waals surface area contributed by atoms with E-state index in [0.717, 1.165) is 88.7 Å². The van der Waals surface area contributed by atoms with Gasteiger partial charge in [0.25, 0.3) is 5.91 Å². The number of nitrogens with zero attached hydrogens (tertiary/aromatic N) is 4. The van der Waals surface area contributed by atoms with Gasteiger partial charge in [-0.05, 0) is 88.0 Å². The lowest BCUT2D eigenvalue weighted by Crippen LogP contribution is -2.50. The molecule has 1 aromatic heterocycles. The zero-order valence-corrected chi connectivity index (χ0v) is 29.9. The van der Waals surface area contributed by atoms with Crippen LogP contribution in [0.3, 0.4) is 0 Å². The van der Waals surface area contributed by atoms with Crippen molar-refractivity contribution < 1.29 is 22.7 Å². The average Bonchev–Trinajstić information content (AvgIpc) is 3.24. The number of methoxy groups -OCH3 is 1. The predicted octanol–water partition coefficient (Wildman–Crippen LogP) is 7.27. The number of fused-ring (bicyclic) bond motifs is 2. The van der Waals surface area contributed by atoms with Gasteiger partial charge in [0, 0.05) is 43.8 Å². The maximum absolute atomic E-state index is 14.4. The number of amides is 2. The Morgan fingerprint density at radius 3 is 2.00 bits per heavy atom. The Hall–Kier alpha value is -2.92. The summed E-state index contributed by atoms with van der Waals surface area (Å²) in [5, 5.41) is 7.65. The number of rotatable bonds is 5. The first kappa shape index (κ1) is 34.9. The van der Waals surface area contributed by atoms with Crippen molar-refractivity contribution >= 4 is 27.7 Å². The Kier molecular flexibility index (Phi) is 11.1. The van der Waals surface area contributed by atoms with Crippen LogP contribution in [0, 0.1) is 18.8 Å². The van der Waals surface area contributed by atoms with Crippen LogP contribution >= 0.6 is 0 Å². The Bertz CT molecular complexity index is 1510. The highest BCUT2D eigenvalue weighted by Crippen LogP contribution is 2.53. The third-order valence-electron chi connectivity index (χ3n) is 11.8. The van der Waals surface area contributed by atoms with Crippen molar-refractivity contribution in [2.24, 2.45) is 11.8 Å². The van der Waals surface area contributed by atoms with E-state index in [1.165, 1.54) is 57.7 Å². The second-order valence-corrected chi connectivity index (χ2v) is 16.6. The number of piperidine rings is 1. The molecule has 1 N–H and O–H groups in total. The first-order valence-corrected chi connectivity index (χ1v) is 20.0. The summed E-state index contributed by atoms with van der Waals surface area (Å²) in [7, 11) is -2.38. The van der Waals surface area contributed by atoms with E-state index in [0.29, 0.717) is 30.6 Å². The van der Waals surface area contributed by atoms with Crippen LogP contribution in [0.5, 0.6) is 0 Å². The summed E-state index contributed by atoms with van der Waals surface area (Å²) in [6.07, 6.45) is 17.3. The molecule has 48 heavy (non-hydrogen) atoms. The van der Waals surface area contributed by atoms with Crippen molar-refractivity contribution in [3.63, 3.8) is 0 Å². The van der Waals surface area contributed by atoms with Crippen molar-refractivity contribution in [3.05, 3.63) is 41.2 Å². The van der Waals surface area contributed by atoms with Crippen molar-refractivity contribution in [1.29, 1.82) is 0 Å². The molecule has 3 fully saturated rings. The molecule has 0 bridgehead atoms. The van der Waals surface area contributed by atoms with Gasteiger partial charge in [-0.2, -0.15) is 9.40 Å². The summed E-state index contributed by atoms with van der Waals surface area (Å²) < 4.78 is 36.0. The number of hydrogen-bond acceptors (Lipinski definition) is 6. The normalized spacial score (nSPS) is 23.2. The Morgan fingerprint density at radius 2 is 1.40 bits per heavy atom. The van der Waals surface area contributed by atoms with Gasteiger partial charge in [-0.1, -0.05) is 57.8 Å². The van der Waals surface area contributed by atoms with E-state index in [1.807, 2.05) is 6.92 Å². The molecule has 1 spiro atoms. The zero-order valence-electron chi connectivity index (χ0n) is 29.1. The molecule has 1 aliphatic carbocycles. The van der Waals surface area contributed by atoms with Gasteiger partial charge in [0.2, 0.25) is 10.0 Å². The number of likely N-dealkylation sites (tertiary alicyclic amines) is 1. The number of ether oxygens (including phenoxy) is 1. The van der Waals surface area contributed by atoms with E-state index in [9.17, 15) is 18.0 Å². The lowest BCUT2D eigenvalue weighted by molar-refractivity contribution is 0.0648. The molecule has 10 nitrogen and oxygen atoms in total. The monoisotopic (exact) mass is 681 g/mol. The van der Waals surface area contributed by atoms with Crippen LogP contribution in [0.1, 0.15) is 124 Å². The first-order valence-electron chi connectivity index (χ1n) is 18.6. The molecule has 4 heterocycles. The molecule has 1 saturated carbocycles.